The monoisotopic (exact) mass is 490 g/mol. The van der Waals surface area contributed by atoms with Crippen LogP contribution in [0.4, 0.5) is 4.39 Å². The van der Waals surface area contributed by atoms with Crippen LogP contribution in [0.1, 0.15) is 25.0 Å². The highest BCUT2D eigenvalue weighted by Gasteiger charge is 2.24. The molecule has 0 saturated heterocycles. The predicted octanol–water partition coefficient (Wildman–Crippen LogP) is 4.18. The summed E-state index contributed by atoms with van der Waals surface area (Å²) < 4.78 is 14.0. The summed E-state index contributed by atoms with van der Waals surface area (Å²) in [6.07, 6.45) is 2.57. The van der Waals surface area contributed by atoms with E-state index < -0.39 is 0 Å². The molecule has 2 rings (SSSR count). The van der Waals surface area contributed by atoms with Gasteiger partial charge in [0.1, 0.15) is 11.0 Å². The van der Waals surface area contributed by atoms with Crippen LogP contribution in [0.15, 0.2) is 47.6 Å². The molecule has 0 aliphatic heterocycles. The molecule has 2 aromatic rings. The van der Waals surface area contributed by atoms with Crippen molar-refractivity contribution in [1.29, 1.82) is 0 Å². The van der Waals surface area contributed by atoms with E-state index in [1.54, 1.807) is 25.4 Å². The fraction of sp³-hybridized carbons (Fsp3) is 0.368. The quantitative estimate of drug-likeness (QED) is 0.276. The van der Waals surface area contributed by atoms with Crippen LogP contribution >= 0.6 is 35.6 Å². The first-order valence-corrected chi connectivity index (χ1v) is 8.60. The molecule has 0 bridgehead atoms. The van der Waals surface area contributed by atoms with Gasteiger partial charge in [-0.3, -0.25) is 4.99 Å². The van der Waals surface area contributed by atoms with Gasteiger partial charge in [0.15, 0.2) is 5.96 Å². The van der Waals surface area contributed by atoms with Gasteiger partial charge < -0.3 is 10.6 Å². The zero-order chi connectivity index (χ0) is 18.3. The number of benzene rings is 1. The van der Waals surface area contributed by atoms with Crippen LogP contribution in [0.5, 0.6) is 0 Å². The van der Waals surface area contributed by atoms with E-state index in [0.29, 0.717) is 29.8 Å². The summed E-state index contributed by atoms with van der Waals surface area (Å²) in [5.41, 5.74) is 1.42. The number of aliphatic imine (C=N–C) groups is 1. The van der Waals surface area contributed by atoms with Gasteiger partial charge in [0.05, 0.1) is 0 Å². The molecule has 1 aromatic heterocycles. The van der Waals surface area contributed by atoms with Gasteiger partial charge in [-0.05, 0) is 29.7 Å². The average molecular weight is 491 g/mol. The van der Waals surface area contributed by atoms with Gasteiger partial charge in [-0.2, -0.15) is 0 Å². The zero-order valence-electron chi connectivity index (χ0n) is 15.2. The first-order chi connectivity index (χ1) is 11.9. The molecule has 0 saturated carbocycles. The number of guanidine groups is 1. The lowest BCUT2D eigenvalue weighted by atomic mass is 9.84. The Labute approximate surface area is 176 Å². The molecule has 0 aliphatic carbocycles. The van der Waals surface area contributed by atoms with E-state index in [-0.39, 0.29) is 35.2 Å². The minimum absolute atomic E-state index is 0. The summed E-state index contributed by atoms with van der Waals surface area (Å²) in [6, 6.07) is 10.6. The third kappa shape index (κ3) is 6.72. The SMILES string of the molecule is CN=C(NCCc1ccc(Cl)nc1)NCC(C)(C)c1ccccc1F.I. The van der Waals surface area contributed by atoms with E-state index in [0.717, 1.165) is 12.0 Å². The van der Waals surface area contributed by atoms with Gasteiger partial charge in [0.2, 0.25) is 0 Å². The third-order valence-electron chi connectivity index (χ3n) is 4.02. The van der Waals surface area contributed by atoms with Crippen LogP contribution in [-0.2, 0) is 11.8 Å². The molecule has 0 atom stereocenters. The molecule has 4 nitrogen and oxygen atoms in total. The average Bonchev–Trinajstić information content (AvgIpc) is 2.59. The van der Waals surface area contributed by atoms with Gasteiger partial charge >= 0.3 is 0 Å². The lowest BCUT2D eigenvalue weighted by Gasteiger charge is -2.27. The van der Waals surface area contributed by atoms with Crippen molar-refractivity contribution < 1.29 is 4.39 Å². The Balaban J connectivity index is 0.00000338. The summed E-state index contributed by atoms with van der Waals surface area (Å²) in [4.78, 5) is 8.28. The fourth-order valence-electron chi connectivity index (χ4n) is 2.51. The zero-order valence-corrected chi connectivity index (χ0v) is 18.3. The molecular formula is C19H25ClFIN4. The molecule has 26 heavy (non-hydrogen) atoms. The summed E-state index contributed by atoms with van der Waals surface area (Å²) in [5, 5.41) is 7.01. The van der Waals surface area contributed by atoms with Crippen LogP contribution in [0.3, 0.4) is 0 Å². The van der Waals surface area contributed by atoms with E-state index in [1.165, 1.54) is 6.07 Å². The van der Waals surface area contributed by atoms with E-state index >= 15 is 0 Å². The second-order valence-electron chi connectivity index (χ2n) is 6.46. The van der Waals surface area contributed by atoms with E-state index in [1.807, 2.05) is 32.0 Å². The minimum atomic E-state index is -0.358. The molecule has 0 amide bonds. The predicted molar refractivity (Wildman–Crippen MR) is 117 cm³/mol. The van der Waals surface area contributed by atoms with E-state index in [4.69, 9.17) is 11.6 Å². The number of nitrogens with one attached hydrogen (secondary N) is 2. The maximum Gasteiger partial charge on any atom is 0.191 e. The first-order valence-electron chi connectivity index (χ1n) is 8.22. The van der Waals surface area contributed by atoms with Gasteiger partial charge in [0, 0.05) is 31.7 Å². The highest BCUT2D eigenvalue weighted by molar-refractivity contribution is 14.0. The number of halogens is 3. The summed E-state index contributed by atoms with van der Waals surface area (Å²) in [6.45, 7) is 5.29. The van der Waals surface area contributed by atoms with E-state index in [2.05, 4.69) is 20.6 Å². The normalized spacial score (nSPS) is 11.7. The number of nitrogens with zero attached hydrogens (tertiary/aromatic N) is 2. The van der Waals surface area contributed by atoms with Crippen LogP contribution < -0.4 is 10.6 Å². The fourth-order valence-corrected chi connectivity index (χ4v) is 2.62. The maximum atomic E-state index is 14.0. The van der Waals surface area contributed by atoms with Crippen LogP contribution in [0, 0.1) is 5.82 Å². The Bertz CT molecular complexity index is 720. The molecule has 2 N–H and O–H groups in total. The Morgan fingerprint density at radius 3 is 2.54 bits per heavy atom. The summed E-state index contributed by atoms with van der Waals surface area (Å²) in [5.74, 6) is 0.499. The highest BCUT2D eigenvalue weighted by Crippen LogP contribution is 2.24. The van der Waals surface area contributed by atoms with Crippen molar-refractivity contribution in [3.8, 4) is 0 Å². The van der Waals surface area contributed by atoms with E-state index in [9.17, 15) is 4.39 Å². The smallest absolute Gasteiger partial charge is 0.191 e. The van der Waals surface area contributed by atoms with Gasteiger partial charge in [-0.15, -0.1) is 24.0 Å². The molecule has 0 radical (unpaired) electrons. The second-order valence-corrected chi connectivity index (χ2v) is 6.84. The first kappa shape index (κ1) is 22.6. The molecule has 1 aromatic carbocycles. The Hall–Kier alpha value is -1.41. The Kier molecular flexibility index (Phi) is 9.29. The highest BCUT2D eigenvalue weighted by atomic mass is 127. The molecule has 1 heterocycles. The van der Waals surface area contributed by atoms with Gasteiger partial charge in [-0.1, -0.05) is 49.7 Å². The van der Waals surface area contributed by atoms with Crippen molar-refractivity contribution in [3.63, 3.8) is 0 Å². The van der Waals surface area contributed by atoms with Gasteiger partial charge in [-0.25, -0.2) is 9.37 Å². The molecule has 142 valence electrons. The van der Waals surface area contributed by atoms with Crippen LogP contribution in [0.2, 0.25) is 5.15 Å². The van der Waals surface area contributed by atoms with Crippen molar-refractivity contribution in [2.45, 2.75) is 25.7 Å². The number of rotatable bonds is 6. The van der Waals surface area contributed by atoms with Gasteiger partial charge in [0.25, 0.3) is 0 Å². The molecule has 7 heteroatoms. The lowest BCUT2D eigenvalue weighted by molar-refractivity contribution is 0.473. The van der Waals surface area contributed by atoms with Crippen molar-refractivity contribution in [2.24, 2.45) is 4.99 Å². The molecular weight excluding hydrogens is 466 g/mol. The largest absolute Gasteiger partial charge is 0.356 e. The standard InChI is InChI=1S/C19H24ClFN4.HI/c1-19(2,15-6-4-5-7-16(15)21)13-25-18(22-3)23-11-10-14-8-9-17(20)24-12-14;/h4-9,12H,10-11,13H2,1-3H3,(H2,22,23,25);1H. The summed E-state index contributed by atoms with van der Waals surface area (Å²) in [7, 11) is 1.72. The number of hydrogen-bond acceptors (Lipinski definition) is 2. The lowest BCUT2D eigenvalue weighted by Crippen LogP contribution is -2.44. The number of aromatic nitrogens is 1. The van der Waals surface area contributed by atoms with Crippen molar-refractivity contribution >= 4 is 41.5 Å². The second kappa shape index (κ2) is 10.7. The van der Waals surface area contributed by atoms with Crippen molar-refractivity contribution in [3.05, 3.63) is 64.7 Å². The van der Waals surface area contributed by atoms with Crippen molar-refractivity contribution in [2.75, 3.05) is 20.1 Å². The van der Waals surface area contributed by atoms with Crippen LogP contribution in [0.25, 0.3) is 0 Å². The van der Waals surface area contributed by atoms with Crippen LogP contribution in [-0.4, -0.2) is 31.1 Å². The molecule has 0 aliphatic rings. The molecule has 0 spiro atoms. The Morgan fingerprint density at radius 1 is 1.19 bits per heavy atom. The topological polar surface area (TPSA) is 49.3 Å². The number of pyridine rings is 1. The number of hydrogen-bond donors (Lipinski definition) is 2. The Morgan fingerprint density at radius 2 is 1.92 bits per heavy atom. The maximum absolute atomic E-state index is 14.0. The molecule has 0 fully saturated rings. The van der Waals surface area contributed by atoms with Crippen molar-refractivity contribution in [1.82, 2.24) is 15.6 Å². The summed E-state index contributed by atoms with van der Waals surface area (Å²) >= 11 is 5.78. The third-order valence-corrected chi connectivity index (χ3v) is 4.24. The minimum Gasteiger partial charge on any atom is -0.356 e. The molecule has 0 unspecified atom stereocenters.